The smallest absolute Gasteiger partial charge is 0.277 e. The molecule has 0 aliphatic rings. The highest BCUT2D eigenvalue weighted by molar-refractivity contribution is 8.00. The topological polar surface area (TPSA) is 102 Å². The summed E-state index contributed by atoms with van der Waals surface area (Å²) >= 11 is 1.18. The fourth-order valence-electron chi connectivity index (χ4n) is 2.83. The molecule has 1 N–H and O–H groups in total. The molecule has 0 bridgehead atoms. The van der Waals surface area contributed by atoms with E-state index in [1.54, 1.807) is 31.2 Å². The summed E-state index contributed by atoms with van der Waals surface area (Å²) in [5.41, 5.74) is 3.92. The van der Waals surface area contributed by atoms with Gasteiger partial charge in [-0.05, 0) is 57.2 Å². The number of anilines is 1. The molecule has 2 aromatic carbocycles. The van der Waals surface area contributed by atoms with Crippen LogP contribution in [0.4, 0.5) is 5.69 Å². The Kier molecular flexibility index (Phi) is 6.09. The number of nitrogens with one attached hydrogen (secondary N) is 1. The highest BCUT2D eigenvalue weighted by Gasteiger charge is 2.20. The molecule has 9 heteroatoms. The summed E-state index contributed by atoms with van der Waals surface area (Å²) < 4.78 is 30.6. The minimum atomic E-state index is -3.36. The molecule has 3 rings (SSSR count). The van der Waals surface area contributed by atoms with E-state index in [0.717, 1.165) is 22.9 Å². The zero-order valence-electron chi connectivity index (χ0n) is 16.5. The van der Waals surface area contributed by atoms with E-state index in [4.69, 9.17) is 4.42 Å². The van der Waals surface area contributed by atoms with Crippen molar-refractivity contribution in [1.82, 2.24) is 10.2 Å². The minimum Gasteiger partial charge on any atom is -0.411 e. The van der Waals surface area contributed by atoms with Crippen molar-refractivity contribution in [2.24, 2.45) is 0 Å². The molecule has 7 nitrogen and oxygen atoms in total. The normalized spacial score (nSPS) is 12.6. The second-order valence-corrected chi connectivity index (χ2v) is 9.87. The highest BCUT2D eigenvalue weighted by Crippen LogP contribution is 2.28. The summed E-state index contributed by atoms with van der Waals surface area (Å²) in [5.74, 6) is 0.294. The van der Waals surface area contributed by atoms with Gasteiger partial charge < -0.3 is 4.42 Å². The Morgan fingerprint density at radius 3 is 2.28 bits per heavy atom. The number of carbonyl (C=O) groups excluding carboxylic acids is 1. The molecule has 0 saturated carbocycles. The summed E-state index contributed by atoms with van der Waals surface area (Å²) in [6, 6.07) is 12.3. The van der Waals surface area contributed by atoms with Crippen LogP contribution in [0.15, 0.2) is 52.1 Å². The van der Waals surface area contributed by atoms with E-state index in [1.807, 2.05) is 26.0 Å². The molecule has 0 amide bonds. The molecule has 0 fully saturated rings. The Labute approximate surface area is 174 Å². The van der Waals surface area contributed by atoms with Gasteiger partial charge in [0.05, 0.1) is 11.5 Å². The van der Waals surface area contributed by atoms with Crippen molar-refractivity contribution in [1.29, 1.82) is 0 Å². The van der Waals surface area contributed by atoms with E-state index in [2.05, 4.69) is 21.0 Å². The first-order chi connectivity index (χ1) is 13.6. The number of benzene rings is 2. The Morgan fingerprint density at radius 2 is 1.69 bits per heavy atom. The van der Waals surface area contributed by atoms with Gasteiger partial charge in [-0.3, -0.25) is 9.52 Å². The predicted molar refractivity (Wildman–Crippen MR) is 114 cm³/mol. The molecule has 1 atom stereocenters. The molecule has 0 radical (unpaired) electrons. The SMILES string of the molecule is Cc1cc(C)cc(-c2nnc(SC(C)C(=O)c3ccc(NS(C)(=O)=O)cc3)o2)c1. The highest BCUT2D eigenvalue weighted by atomic mass is 32.2. The average Bonchev–Trinajstić information content (AvgIpc) is 3.08. The van der Waals surface area contributed by atoms with Crippen molar-refractivity contribution in [2.75, 3.05) is 11.0 Å². The molecule has 29 heavy (non-hydrogen) atoms. The maximum Gasteiger partial charge on any atom is 0.277 e. The molecular weight excluding hydrogens is 410 g/mol. The summed E-state index contributed by atoms with van der Waals surface area (Å²) in [6.07, 6.45) is 1.07. The van der Waals surface area contributed by atoms with Gasteiger partial charge in [0.2, 0.25) is 15.9 Å². The monoisotopic (exact) mass is 431 g/mol. The molecule has 1 heterocycles. The zero-order chi connectivity index (χ0) is 21.2. The van der Waals surface area contributed by atoms with Crippen LogP contribution in [-0.2, 0) is 10.0 Å². The third-order valence-corrected chi connectivity index (χ3v) is 5.54. The van der Waals surface area contributed by atoms with Crippen molar-refractivity contribution in [3.05, 3.63) is 59.2 Å². The predicted octanol–water partition coefficient (Wildman–Crippen LogP) is 4.09. The second-order valence-electron chi connectivity index (χ2n) is 6.83. The summed E-state index contributed by atoms with van der Waals surface area (Å²) in [5, 5.41) is 7.99. The van der Waals surface area contributed by atoms with Crippen molar-refractivity contribution in [3.63, 3.8) is 0 Å². The van der Waals surface area contributed by atoms with Gasteiger partial charge in [-0.25, -0.2) is 8.42 Å². The van der Waals surface area contributed by atoms with Crippen LogP contribution in [0.3, 0.4) is 0 Å². The van der Waals surface area contributed by atoms with E-state index < -0.39 is 15.3 Å². The van der Waals surface area contributed by atoms with Crippen LogP contribution in [-0.4, -0.2) is 35.9 Å². The standard InChI is InChI=1S/C20H21N3O4S2/c1-12-9-13(2)11-16(10-12)19-21-22-20(27-19)28-14(3)18(24)15-5-7-17(8-6-15)23-29(4,25)26/h5-11,14,23H,1-4H3. The molecule has 1 aromatic heterocycles. The number of hydrogen-bond donors (Lipinski definition) is 1. The van der Waals surface area contributed by atoms with Crippen LogP contribution in [0, 0.1) is 13.8 Å². The van der Waals surface area contributed by atoms with Gasteiger partial charge in [0.15, 0.2) is 5.78 Å². The first-order valence-electron chi connectivity index (χ1n) is 8.81. The summed E-state index contributed by atoms with van der Waals surface area (Å²) in [7, 11) is -3.36. The first-order valence-corrected chi connectivity index (χ1v) is 11.6. The van der Waals surface area contributed by atoms with E-state index >= 15 is 0 Å². The molecule has 0 spiro atoms. The van der Waals surface area contributed by atoms with Crippen LogP contribution in [0.25, 0.3) is 11.5 Å². The maximum absolute atomic E-state index is 12.7. The first kappa shape index (κ1) is 21.1. The molecular formula is C20H21N3O4S2. The van der Waals surface area contributed by atoms with Gasteiger partial charge in [-0.1, -0.05) is 29.0 Å². The molecule has 0 aliphatic heterocycles. The van der Waals surface area contributed by atoms with Gasteiger partial charge in [0.1, 0.15) is 0 Å². The van der Waals surface area contributed by atoms with E-state index in [0.29, 0.717) is 22.4 Å². The van der Waals surface area contributed by atoms with Crippen molar-refractivity contribution >= 4 is 33.3 Å². The van der Waals surface area contributed by atoms with Gasteiger partial charge in [0.25, 0.3) is 5.22 Å². The van der Waals surface area contributed by atoms with Crippen LogP contribution in [0.2, 0.25) is 0 Å². The number of ketones is 1. The van der Waals surface area contributed by atoms with Gasteiger partial charge >= 0.3 is 0 Å². The van der Waals surface area contributed by atoms with Gasteiger partial charge in [-0.15, -0.1) is 10.2 Å². The van der Waals surface area contributed by atoms with Gasteiger partial charge in [0, 0.05) is 16.8 Å². The lowest BCUT2D eigenvalue weighted by Gasteiger charge is -2.09. The lowest BCUT2D eigenvalue weighted by molar-refractivity contribution is 0.0993. The third-order valence-electron chi connectivity index (χ3n) is 3.99. The van der Waals surface area contributed by atoms with E-state index in [1.165, 1.54) is 11.8 Å². The molecule has 152 valence electrons. The van der Waals surface area contributed by atoms with Crippen molar-refractivity contribution in [3.8, 4) is 11.5 Å². The number of aryl methyl sites for hydroxylation is 2. The van der Waals surface area contributed by atoms with Crippen LogP contribution in [0.1, 0.15) is 28.4 Å². The Morgan fingerprint density at radius 1 is 1.07 bits per heavy atom. The molecule has 0 saturated heterocycles. The number of Topliss-reactive ketones (excluding diaryl/α,β-unsaturated/α-hetero) is 1. The molecule has 3 aromatic rings. The van der Waals surface area contributed by atoms with Crippen LogP contribution >= 0.6 is 11.8 Å². The number of aromatic nitrogens is 2. The molecule has 0 aliphatic carbocycles. The lowest BCUT2D eigenvalue weighted by atomic mass is 10.1. The number of carbonyl (C=O) groups is 1. The largest absolute Gasteiger partial charge is 0.411 e. The number of rotatable bonds is 7. The van der Waals surface area contributed by atoms with E-state index in [9.17, 15) is 13.2 Å². The fourth-order valence-corrected chi connectivity index (χ4v) is 4.15. The fraction of sp³-hybridized carbons (Fsp3) is 0.250. The average molecular weight is 432 g/mol. The zero-order valence-corrected chi connectivity index (χ0v) is 18.1. The Hall–Kier alpha value is -2.65. The summed E-state index contributed by atoms with van der Waals surface area (Å²) in [6.45, 7) is 5.76. The Balaban J connectivity index is 1.69. The molecule has 1 unspecified atom stereocenters. The third kappa shape index (κ3) is 5.68. The lowest BCUT2D eigenvalue weighted by Crippen LogP contribution is -2.14. The van der Waals surface area contributed by atoms with E-state index in [-0.39, 0.29) is 5.78 Å². The maximum atomic E-state index is 12.7. The van der Waals surface area contributed by atoms with Crippen molar-refractivity contribution < 1.29 is 17.6 Å². The van der Waals surface area contributed by atoms with Crippen molar-refractivity contribution in [2.45, 2.75) is 31.2 Å². The number of hydrogen-bond acceptors (Lipinski definition) is 7. The van der Waals surface area contributed by atoms with Crippen LogP contribution in [0.5, 0.6) is 0 Å². The van der Waals surface area contributed by atoms with Crippen LogP contribution < -0.4 is 4.72 Å². The Bertz CT molecular complexity index is 1120. The summed E-state index contributed by atoms with van der Waals surface area (Å²) in [4.78, 5) is 12.7. The number of thioether (sulfide) groups is 1. The number of nitrogens with zero attached hydrogens (tertiary/aromatic N) is 2. The number of sulfonamides is 1. The minimum absolute atomic E-state index is 0.118. The second kappa shape index (κ2) is 8.38. The quantitative estimate of drug-likeness (QED) is 0.444. The van der Waals surface area contributed by atoms with Gasteiger partial charge in [-0.2, -0.15) is 0 Å².